The molecule has 0 aliphatic rings. The molecule has 0 aliphatic carbocycles. The van der Waals surface area contributed by atoms with E-state index < -0.39 is 11.7 Å². The SMILES string of the molecule is CCOc1ccc(-c2nc(O)cc(C(=O)NOCc3cc(OC)ccc3F)n2)cc1. The van der Waals surface area contributed by atoms with Gasteiger partial charge in [0.1, 0.15) is 29.6 Å². The Bertz CT molecular complexity index is 1030. The van der Waals surface area contributed by atoms with Gasteiger partial charge in [-0.25, -0.2) is 14.9 Å². The van der Waals surface area contributed by atoms with Gasteiger partial charge in [0, 0.05) is 17.2 Å². The van der Waals surface area contributed by atoms with Gasteiger partial charge in [0.15, 0.2) is 5.82 Å². The summed E-state index contributed by atoms with van der Waals surface area (Å²) in [6.45, 7) is 2.19. The third-order valence-electron chi connectivity index (χ3n) is 4.01. The van der Waals surface area contributed by atoms with Crippen molar-refractivity contribution in [2.45, 2.75) is 13.5 Å². The molecular weight excluding hydrogens is 393 g/mol. The second-order valence-corrected chi connectivity index (χ2v) is 6.07. The monoisotopic (exact) mass is 413 g/mol. The van der Waals surface area contributed by atoms with Gasteiger partial charge in [-0.2, -0.15) is 4.98 Å². The fourth-order valence-corrected chi connectivity index (χ4v) is 2.57. The molecule has 0 fully saturated rings. The van der Waals surface area contributed by atoms with Gasteiger partial charge >= 0.3 is 0 Å². The standard InChI is InChI=1S/C21H20FN3O5/c1-3-29-15-6-4-13(5-7-15)20-23-18(11-19(26)24-20)21(27)25-30-12-14-10-16(28-2)8-9-17(14)22/h4-11H,3,12H2,1-2H3,(H,25,27)(H,23,24,26). The minimum absolute atomic E-state index is 0.113. The molecule has 0 bridgehead atoms. The summed E-state index contributed by atoms with van der Waals surface area (Å²) in [5, 5.41) is 9.88. The fourth-order valence-electron chi connectivity index (χ4n) is 2.57. The molecule has 8 nitrogen and oxygen atoms in total. The van der Waals surface area contributed by atoms with E-state index in [1.807, 2.05) is 6.92 Å². The molecule has 9 heteroatoms. The Hall–Kier alpha value is -3.72. The molecule has 3 aromatic rings. The highest BCUT2D eigenvalue weighted by Crippen LogP contribution is 2.22. The van der Waals surface area contributed by atoms with Crippen molar-refractivity contribution in [2.75, 3.05) is 13.7 Å². The van der Waals surface area contributed by atoms with Crippen LogP contribution in [0.15, 0.2) is 48.5 Å². The van der Waals surface area contributed by atoms with Gasteiger partial charge in [0.2, 0.25) is 5.88 Å². The number of hydroxylamine groups is 1. The van der Waals surface area contributed by atoms with E-state index >= 15 is 0 Å². The van der Waals surface area contributed by atoms with Gasteiger partial charge in [-0.3, -0.25) is 9.63 Å². The zero-order valence-corrected chi connectivity index (χ0v) is 16.4. The van der Waals surface area contributed by atoms with Crippen molar-refractivity contribution in [3.05, 3.63) is 65.6 Å². The number of carbonyl (C=O) groups is 1. The quantitative estimate of drug-likeness (QED) is 0.547. The lowest BCUT2D eigenvalue weighted by Crippen LogP contribution is -2.25. The summed E-state index contributed by atoms with van der Waals surface area (Å²) in [6, 6.07) is 12.2. The van der Waals surface area contributed by atoms with Gasteiger partial charge < -0.3 is 14.6 Å². The second-order valence-electron chi connectivity index (χ2n) is 6.07. The number of amides is 1. The Kier molecular flexibility index (Phi) is 6.76. The molecule has 2 aromatic carbocycles. The summed E-state index contributed by atoms with van der Waals surface area (Å²) < 4.78 is 24.2. The lowest BCUT2D eigenvalue weighted by atomic mass is 10.2. The number of hydrogen-bond acceptors (Lipinski definition) is 7. The molecule has 0 radical (unpaired) electrons. The Morgan fingerprint density at radius 2 is 1.83 bits per heavy atom. The number of aromatic nitrogens is 2. The molecule has 0 aliphatic heterocycles. The van der Waals surface area contributed by atoms with E-state index in [0.29, 0.717) is 23.7 Å². The summed E-state index contributed by atoms with van der Waals surface area (Å²) >= 11 is 0. The van der Waals surface area contributed by atoms with Crippen molar-refractivity contribution in [3.63, 3.8) is 0 Å². The molecule has 0 saturated carbocycles. The van der Waals surface area contributed by atoms with Gasteiger partial charge in [-0.1, -0.05) is 0 Å². The zero-order valence-electron chi connectivity index (χ0n) is 16.4. The largest absolute Gasteiger partial charge is 0.497 e. The average molecular weight is 413 g/mol. The first-order valence-corrected chi connectivity index (χ1v) is 9.06. The number of ether oxygens (including phenoxy) is 2. The van der Waals surface area contributed by atoms with Crippen LogP contribution in [-0.2, 0) is 11.4 Å². The van der Waals surface area contributed by atoms with Crippen LogP contribution in [0.2, 0.25) is 0 Å². The van der Waals surface area contributed by atoms with Crippen LogP contribution < -0.4 is 15.0 Å². The minimum atomic E-state index is -0.719. The lowest BCUT2D eigenvalue weighted by molar-refractivity contribution is 0.0219. The van der Waals surface area contributed by atoms with Crippen molar-refractivity contribution < 1.29 is 28.6 Å². The number of hydrogen-bond donors (Lipinski definition) is 2. The van der Waals surface area contributed by atoms with Crippen molar-refractivity contribution in [3.8, 4) is 28.8 Å². The Balaban J connectivity index is 1.69. The number of aromatic hydroxyl groups is 1. The molecule has 30 heavy (non-hydrogen) atoms. The predicted octanol–water partition coefficient (Wildman–Crippen LogP) is 3.26. The Labute approximate surface area is 172 Å². The van der Waals surface area contributed by atoms with Crippen LogP contribution in [0.3, 0.4) is 0 Å². The molecular formula is C21H20FN3O5. The van der Waals surface area contributed by atoms with E-state index in [1.165, 1.54) is 25.3 Å². The highest BCUT2D eigenvalue weighted by atomic mass is 19.1. The van der Waals surface area contributed by atoms with E-state index in [9.17, 15) is 14.3 Å². The molecule has 0 atom stereocenters. The number of nitrogens with one attached hydrogen (secondary N) is 1. The van der Waals surface area contributed by atoms with Gasteiger partial charge in [0.25, 0.3) is 5.91 Å². The molecule has 1 aromatic heterocycles. The average Bonchev–Trinajstić information content (AvgIpc) is 2.75. The third kappa shape index (κ3) is 5.21. The van der Waals surface area contributed by atoms with Crippen molar-refractivity contribution in [2.24, 2.45) is 0 Å². The van der Waals surface area contributed by atoms with Gasteiger partial charge in [-0.05, 0) is 49.4 Å². The molecule has 3 rings (SSSR count). The predicted molar refractivity (Wildman–Crippen MR) is 106 cm³/mol. The normalized spacial score (nSPS) is 10.5. The maximum Gasteiger partial charge on any atom is 0.293 e. The van der Waals surface area contributed by atoms with Crippen LogP contribution in [0.5, 0.6) is 17.4 Å². The summed E-state index contributed by atoms with van der Waals surface area (Å²) in [7, 11) is 1.46. The van der Waals surface area contributed by atoms with Crippen molar-refractivity contribution in [1.29, 1.82) is 0 Å². The van der Waals surface area contributed by atoms with Crippen LogP contribution in [0.4, 0.5) is 4.39 Å². The number of carbonyl (C=O) groups excluding carboxylic acids is 1. The maximum atomic E-state index is 13.8. The number of nitrogens with zero attached hydrogens (tertiary/aromatic N) is 2. The van der Waals surface area contributed by atoms with Crippen LogP contribution in [0.25, 0.3) is 11.4 Å². The number of rotatable bonds is 8. The highest BCUT2D eigenvalue weighted by Gasteiger charge is 2.14. The number of halogens is 1. The first-order chi connectivity index (χ1) is 14.5. The molecule has 1 heterocycles. The van der Waals surface area contributed by atoms with Crippen molar-refractivity contribution >= 4 is 5.91 Å². The summed E-state index contributed by atoms with van der Waals surface area (Å²) in [5.74, 6) is -0.301. The van der Waals surface area contributed by atoms with Crippen LogP contribution >= 0.6 is 0 Å². The topological polar surface area (TPSA) is 103 Å². The van der Waals surface area contributed by atoms with E-state index in [-0.39, 0.29) is 29.6 Å². The molecule has 1 amide bonds. The fraction of sp³-hybridized carbons (Fsp3) is 0.190. The van der Waals surface area contributed by atoms with E-state index in [0.717, 1.165) is 6.07 Å². The molecule has 0 saturated heterocycles. The first-order valence-electron chi connectivity index (χ1n) is 9.06. The Morgan fingerprint density at radius 1 is 1.10 bits per heavy atom. The smallest absolute Gasteiger partial charge is 0.293 e. The highest BCUT2D eigenvalue weighted by molar-refractivity contribution is 5.92. The second kappa shape index (κ2) is 9.66. The summed E-state index contributed by atoms with van der Waals surface area (Å²) in [5.41, 5.74) is 2.85. The van der Waals surface area contributed by atoms with Crippen molar-refractivity contribution in [1.82, 2.24) is 15.4 Å². The van der Waals surface area contributed by atoms with Gasteiger partial charge in [0.05, 0.1) is 13.7 Å². The summed E-state index contributed by atoms with van der Waals surface area (Å²) in [4.78, 5) is 25.5. The van der Waals surface area contributed by atoms with Crippen LogP contribution in [0, 0.1) is 5.82 Å². The van der Waals surface area contributed by atoms with E-state index in [4.69, 9.17) is 14.3 Å². The van der Waals surface area contributed by atoms with Crippen LogP contribution in [-0.4, -0.2) is 34.7 Å². The molecule has 156 valence electrons. The number of benzene rings is 2. The summed E-state index contributed by atoms with van der Waals surface area (Å²) in [6.07, 6.45) is 0. The van der Waals surface area contributed by atoms with Crippen LogP contribution in [0.1, 0.15) is 23.0 Å². The molecule has 2 N–H and O–H groups in total. The first kappa shape index (κ1) is 21.0. The Morgan fingerprint density at radius 3 is 2.53 bits per heavy atom. The molecule has 0 spiro atoms. The van der Waals surface area contributed by atoms with Gasteiger partial charge in [-0.15, -0.1) is 0 Å². The molecule has 0 unspecified atom stereocenters. The third-order valence-corrected chi connectivity index (χ3v) is 4.01. The minimum Gasteiger partial charge on any atom is -0.497 e. The maximum absolute atomic E-state index is 13.8. The van der Waals surface area contributed by atoms with E-state index in [1.54, 1.807) is 24.3 Å². The van der Waals surface area contributed by atoms with E-state index in [2.05, 4.69) is 15.4 Å². The number of methoxy groups -OCH3 is 1. The lowest BCUT2D eigenvalue weighted by Gasteiger charge is -2.09. The zero-order chi connectivity index (χ0) is 21.5.